The molecule has 2 nitrogen and oxygen atoms in total. The lowest BCUT2D eigenvalue weighted by Gasteiger charge is -2.30. The molecular formula is C12H23NO. The molecule has 0 aromatic rings. The first kappa shape index (κ1) is 11.5. The molecule has 1 aliphatic heterocycles. The average molecular weight is 197 g/mol. The first-order valence-corrected chi connectivity index (χ1v) is 5.73. The van der Waals surface area contributed by atoms with Gasteiger partial charge in [0.05, 0.1) is 0 Å². The maximum Gasteiger partial charge on any atom is 0.228 e. The molecule has 82 valence electrons. The van der Waals surface area contributed by atoms with Crippen molar-refractivity contribution in [2.24, 2.45) is 11.3 Å². The van der Waals surface area contributed by atoms with Crippen molar-refractivity contribution in [2.75, 3.05) is 13.1 Å². The summed E-state index contributed by atoms with van der Waals surface area (Å²) in [6.07, 6.45) is 3.36. The van der Waals surface area contributed by atoms with Gasteiger partial charge in [0.15, 0.2) is 0 Å². The second-order valence-corrected chi connectivity index (χ2v) is 5.48. The van der Waals surface area contributed by atoms with E-state index < -0.39 is 0 Å². The van der Waals surface area contributed by atoms with Gasteiger partial charge in [0.2, 0.25) is 5.91 Å². The summed E-state index contributed by atoms with van der Waals surface area (Å²) in [6.45, 7) is 10.5. The number of likely N-dealkylation sites (tertiary alicyclic amines) is 1. The molecule has 1 rings (SSSR count). The van der Waals surface area contributed by atoms with Crippen LogP contribution in [0.5, 0.6) is 0 Å². The molecule has 1 fully saturated rings. The van der Waals surface area contributed by atoms with Crippen LogP contribution >= 0.6 is 0 Å². The summed E-state index contributed by atoms with van der Waals surface area (Å²) in [4.78, 5) is 14.2. The number of hydrogen-bond acceptors (Lipinski definition) is 1. The van der Waals surface area contributed by atoms with Gasteiger partial charge in [0, 0.05) is 18.5 Å². The van der Waals surface area contributed by atoms with Crippen molar-refractivity contribution in [3.63, 3.8) is 0 Å². The minimum atomic E-state index is -0.168. The molecule has 0 radical (unpaired) electrons. The number of carbonyl (C=O) groups is 1. The minimum Gasteiger partial charge on any atom is -0.342 e. The third-order valence-electron chi connectivity index (χ3n) is 2.89. The largest absolute Gasteiger partial charge is 0.342 e. The summed E-state index contributed by atoms with van der Waals surface area (Å²) in [5.41, 5.74) is -0.168. The Morgan fingerprint density at radius 3 is 2.21 bits per heavy atom. The summed E-state index contributed by atoms with van der Waals surface area (Å²) in [5.74, 6) is 0.945. The minimum absolute atomic E-state index is 0.168. The fourth-order valence-electron chi connectivity index (χ4n) is 2.46. The van der Waals surface area contributed by atoms with Gasteiger partial charge in [-0.3, -0.25) is 4.79 Å². The summed E-state index contributed by atoms with van der Waals surface area (Å²) in [5, 5.41) is 0. The van der Waals surface area contributed by atoms with Crippen LogP contribution in [0.4, 0.5) is 0 Å². The first-order chi connectivity index (χ1) is 6.43. The highest BCUT2D eigenvalue weighted by Crippen LogP contribution is 2.29. The fourth-order valence-corrected chi connectivity index (χ4v) is 2.46. The quantitative estimate of drug-likeness (QED) is 0.681. The molecule has 0 spiro atoms. The van der Waals surface area contributed by atoms with Crippen LogP contribution in [-0.4, -0.2) is 23.9 Å². The Morgan fingerprint density at radius 2 is 1.79 bits per heavy atom. The highest BCUT2D eigenvalue weighted by Gasteiger charge is 2.33. The normalized spacial score (nSPS) is 17.9. The van der Waals surface area contributed by atoms with E-state index in [0.717, 1.165) is 19.5 Å². The lowest BCUT2D eigenvalue weighted by atomic mass is 9.83. The van der Waals surface area contributed by atoms with E-state index >= 15 is 0 Å². The molecule has 0 aliphatic carbocycles. The van der Waals surface area contributed by atoms with Crippen molar-refractivity contribution < 1.29 is 4.79 Å². The van der Waals surface area contributed by atoms with E-state index in [9.17, 15) is 4.79 Å². The number of rotatable bonds is 3. The molecule has 0 N–H and O–H groups in total. The molecule has 1 aliphatic rings. The third kappa shape index (κ3) is 2.73. The highest BCUT2D eigenvalue weighted by atomic mass is 16.2. The summed E-state index contributed by atoms with van der Waals surface area (Å²) in [7, 11) is 0. The standard InChI is InChI=1S/C12H23NO/c1-10(2)9-12(3,4)11(14)13-7-5-6-8-13/h10H,5-9H2,1-4H3. The Morgan fingerprint density at radius 1 is 1.29 bits per heavy atom. The monoisotopic (exact) mass is 197 g/mol. The molecule has 0 atom stereocenters. The van der Waals surface area contributed by atoms with Crippen molar-refractivity contribution in [3.8, 4) is 0 Å². The molecule has 0 saturated carbocycles. The Bertz CT molecular complexity index is 202. The molecule has 0 aromatic heterocycles. The van der Waals surface area contributed by atoms with Crippen LogP contribution in [0.3, 0.4) is 0 Å². The molecule has 0 aromatic carbocycles. The maximum atomic E-state index is 12.1. The van der Waals surface area contributed by atoms with E-state index in [1.54, 1.807) is 0 Å². The van der Waals surface area contributed by atoms with Crippen LogP contribution in [0.15, 0.2) is 0 Å². The highest BCUT2D eigenvalue weighted by molar-refractivity contribution is 5.82. The van der Waals surface area contributed by atoms with E-state index in [-0.39, 0.29) is 5.41 Å². The Hall–Kier alpha value is -0.530. The lowest BCUT2D eigenvalue weighted by molar-refractivity contribution is -0.140. The van der Waals surface area contributed by atoms with Crippen LogP contribution in [0.1, 0.15) is 47.0 Å². The molecule has 1 saturated heterocycles. The predicted octanol–water partition coefficient (Wildman–Crippen LogP) is 2.68. The summed E-state index contributed by atoms with van der Waals surface area (Å²) >= 11 is 0. The molecule has 0 bridgehead atoms. The summed E-state index contributed by atoms with van der Waals surface area (Å²) in [6, 6.07) is 0. The zero-order chi connectivity index (χ0) is 10.8. The summed E-state index contributed by atoms with van der Waals surface area (Å²) < 4.78 is 0. The van der Waals surface area contributed by atoms with Crippen molar-refractivity contribution in [2.45, 2.75) is 47.0 Å². The predicted molar refractivity (Wildman–Crippen MR) is 59.1 cm³/mol. The van der Waals surface area contributed by atoms with Crippen LogP contribution in [0.25, 0.3) is 0 Å². The van der Waals surface area contributed by atoms with E-state index in [4.69, 9.17) is 0 Å². The molecule has 1 heterocycles. The van der Waals surface area contributed by atoms with Crippen molar-refractivity contribution in [1.82, 2.24) is 4.90 Å². The molecule has 2 heteroatoms. The van der Waals surface area contributed by atoms with Gasteiger partial charge in [-0.1, -0.05) is 27.7 Å². The first-order valence-electron chi connectivity index (χ1n) is 5.73. The van der Waals surface area contributed by atoms with Crippen LogP contribution < -0.4 is 0 Å². The molecule has 14 heavy (non-hydrogen) atoms. The van der Waals surface area contributed by atoms with Crippen molar-refractivity contribution in [1.29, 1.82) is 0 Å². The SMILES string of the molecule is CC(C)CC(C)(C)C(=O)N1CCCC1. The van der Waals surface area contributed by atoms with Gasteiger partial charge in [-0.05, 0) is 25.2 Å². The molecule has 1 amide bonds. The molecular weight excluding hydrogens is 174 g/mol. The fraction of sp³-hybridized carbons (Fsp3) is 0.917. The van der Waals surface area contributed by atoms with Gasteiger partial charge in [0.25, 0.3) is 0 Å². The van der Waals surface area contributed by atoms with E-state index in [0.29, 0.717) is 11.8 Å². The van der Waals surface area contributed by atoms with Gasteiger partial charge in [-0.25, -0.2) is 0 Å². The van der Waals surface area contributed by atoms with Gasteiger partial charge in [0.1, 0.15) is 0 Å². The topological polar surface area (TPSA) is 20.3 Å². The van der Waals surface area contributed by atoms with Crippen molar-refractivity contribution >= 4 is 5.91 Å². The van der Waals surface area contributed by atoms with Crippen LogP contribution in [0, 0.1) is 11.3 Å². The third-order valence-corrected chi connectivity index (χ3v) is 2.89. The Balaban J connectivity index is 2.56. The van der Waals surface area contributed by atoms with Crippen LogP contribution in [0.2, 0.25) is 0 Å². The van der Waals surface area contributed by atoms with Gasteiger partial charge in [-0.2, -0.15) is 0 Å². The number of amides is 1. The zero-order valence-electron chi connectivity index (χ0n) is 9.97. The number of hydrogen-bond donors (Lipinski definition) is 0. The Labute approximate surface area is 87.7 Å². The number of carbonyl (C=O) groups excluding carboxylic acids is 1. The van der Waals surface area contributed by atoms with E-state index in [1.165, 1.54) is 12.8 Å². The van der Waals surface area contributed by atoms with Crippen LogP contribution in [-0.2, 0) is 4.79 Å². The lowest BCUT2D eigenvalue weighted by Crippen LogP contribution is -2.39. The van der Waals surface area contributed by atoms with Gasteiger partial charge >= 0.3 is 0 Å². The van der Waals surface area contributed by atoms with E-state index in [1.807, 2.05) is 4.90 Å². The van der Waals surface area contributed by atoms with Gasteiger partial charge in [-0.15, -0.1) is 0 Å². The average Bonchev–Trinajstić information content (AvgIpc) is 2.51. The Kier molecular flexibility index (Phi) is 3.57. The van der Waals surface area contributed by atoms with E-state index in [2.05, 4.69) is 27.7 Å². The maximum absolute atomic E-state index is 12.1. The van der Waals surface area contributed by atoms with Crippen molar-refractivity contribution in [3.05, 3.63) is 0 Å². The number of nitrogens with zero attached hydrogens (tertiary/aromatic N) is 1. The smallest absolute Gasteiger partial charge is 0.228 e. The molecule has 0 unspecified atom stereocenters. The second kappa shape index (κ2) is 4.33. The van der Waals surface area contributed by atoms with Gasteiger partial charge < -0.3 is 4.90 Å². The zero-order valence-corrected chi connectivity index (χ0v) is 9.97. The second-order valence-electron chi connectivity index (χ2n) is 5.48.